The highest BCUT2D eigenvalue weighted by atomic mass is 16.6. The van der Waals surface area contributed by atoms with Gasteiger partial charge in [-0.1, -0.05) is 12.1 Å². The summed E-state index contributed by atoms with van der Waals surface area (Å²) in [6.07, 6.45) is 0. The molecule has 0 aliphatic carbocycles. The first-order valence-corrected chi connectivity index (χ1v) is 6.37. The lowest BCUT2D eigenvalue weighted by atomic mass is 10.1. The van der Waals surface area contributed by atoms with Crippen LogP contribution in [0.4, 0.5) is 5.69 Å². The molecule has 0 aliphatic rings. The number of nitro groups is 1. The Morgan fingerprint density at radius 1 is 1.19 bits per heavy atom. The number of methoxy groups -OCH3 is 1. The molecule has 1 unspecified atom stereocenters. The lowest BCUT2D eigenvalue weighted by Gasteiger charge is -2.10. The number of ether oxygens (including phenoxy) is 2. The second-order valence-electron chi connectivity index (χ2n) is 4.55. The van der Waals surface area contributed by atoms with Gasteiger partial charge in [0.05, 0.1) is 18.1 Å². The Morgan fingerprint density at radius 3 is 2.52 bits per heavy atom. The van der Waals surface area contributed by atoms with Gasteiger partial charge >= 0.3 is 5.69 Å². The summed E-state index contributed by atoms with van der Waals surface area (Å²) in [6, 6.07) is 11.6. The van der Waals surface area contributed by atoms with E-state index in [1.165, 1.54) is 19.2 Å². The van der Waals surface area contributed by atoms with E-state index in [0.717, 1.165) is 5.56 Å². The number of rotatable bonds is 5. The number of benzene rings is 2. The lowest BCUT2D eigenvalue weighted by molar-refractivity contribution is -0.385. The van der Waals surface area contributed by atoms with E-state index < -0.39 is 4.92 Å². The number of nitrogens with two attached hydrogens (primary N) is 1. The molecule has 0 saturated heterocycles. The number of hydrogen-bond acceptors (Lipinski definition) is 5. The smallest absolute Gasteiger partial charge is 0.314 e. The maximum Gasteiger partial charge on any atom is 0.314 e. The van der Waals surface area contributed by atoms with Gasteiger partial charge in [-0.15, -0.1) is 0 Å². The molecular formula is C15H16N2O4. The molecule has 21 heavy (non-hydrogen) atoms. The largest absolute Gasteiger partial charge is 0.490 e. The van der Waals surface area contributed by atoms with E-state index in [1.807, 2.05) is 19.1 Å². The fourth-order valence-corrected chi connectivity index (χ4v) is 1.87. The quantitative estimate of drug-likeness (QED) is 0.672. The van der Waals surface area contributed by atoms with Crippen molar-refractivity contribution in [1.29, 1.82) is 0 Å². The topological polar surface area (TPSA) is 87.6 Å². The zero-order chi connectivity index (χ0) is 15.4. The fourth-order valence-electron chi connectivity index (χ4n) is 1.87. The molecule has 2 aromatic rings. The van der Waals surface area contributed by atoms with Gasteiger partial charge < -0.3 is 15.2 Å². The minimum absolute atomic E-state index is 0.112. The second kappa shape index (κ2) is 6.23. The fraction of sp³-hybridized carbons (Fsp3) is 0.200. The summed E-state index contributed by atoms with van der Waals surface area (Å²) in [5, 5.41) is 11.0. The molecule has 0 saturated carbocycles. The molecule has 0 heterocycles. The lowest BCUT2D eigenvalue weighted by Crippen LogP contribution is -2.04. The van der Waals surface area contributed by atoms with Crippen molar-refractivity contribution in [3.63, 3.8) is 0 Å². The Balaban J connectivity index is 2.29. The minimum atomic E-state index is -0.510. The molecule has 0 amide bonds. The van der Waals surface area contributed by atoms with Crippen LogP contribution in [0.5, 0.6) is 17.2 Å². The molecule has 2 N–H and O–H groups in total. The molecule has 0 radical (unpaired) electrons. The van der Waals surface area contributed by atoms with Crippen molar-refractivity contribution >= 4 is 5.69 Å². The molecule has 6 heteroatoms. The van der Waals surface area contributed by atoms with Crippen LogP contribution >= 0.6 is 0 Å². The van der Waals surface area contributed by atoms with E-state index in [2.05, 4.69) is 0 Å². The summed E-state index contributed by atoms with van der Waals surface area (Å²) in [5.41, 5.74) is 6.60. The summed E-state index contributed by atoms with van der Waals surface area (Å²) < 4.78 is 10.6. The highest BCUT2D eigenvalue weighted by Gasteiger charge is 2.16. The average molecular weight is 288 g/mol. The average Bonchev–Trinajstić information content (AvgIpc) is 2.47. The third-order valence-corrected chi connectivity index (χ3v) is 2.97. The van der Waals surface area contributed by atoms with E-state index in [9.17, 15) is 10.1 Å². The van der Waals surface area contributed by atoms with Gasteiger partial charge in [0.1, 0.15) is 11.5 Å². The third-order valence-electron chi connectivity index (χ3n) is 2.97. The van der Waals surface area contributed by atoms with Crippen molar-refractivity contribution < 1.29 is 14.4 Å². The standard InChI is InChI=1S/C15H16N2O4/c1-10(16)11-4-3-5-12(8-11)21-13-6-7-15(20-2)14(9-13)17(18)19/h3-10H,16H2,1-2H3. The first-order valence-electron chi connectivity index (χ1n) is 6.37. The molecule has 6 nitrogen and oxygen atoms in total. The van der Waals surface area contributed by atoms with Gasteiger partial charge in [-0.3, -0.25) is 10.1 Å². The van der Waals surface area contributed by atoms with Crippen molar-refractivity contribution in [3.05, 3.63) is 58.1 Å². The van der Waals surface area contributed by atoms with Crippen LogP contribution in [0.1, 0.15) is 18.5 Å². The Bertz CT molecular complexity index is 656. The molecule has 0 aliphatic heterocycles. The van der Waals surface area contributed by atoms with Gasteiger partial charge in [0.2, 0.25) is 0 Å². The van der Waals surface area contributed by atoms with Gasteiger partial charge in [-0.25, -0.2) is 0 Å². The highest BCUT2D eigenvalue weighted by Crippen LogP contribution is 2.33. The van der Waals surface area contributed by atoms with Gasteiger partial charge in [0.15, 0.2) is 5.75 Å². The van der Waals surface area contributed by atoms with E-state index in [-0.39, 0.29) is 17.5 Å². The van der Waals surface area contributed by atoms with Crippen molar-refractivity contribution in [2.75, 3.05) is 7.11 Å². The molecule has 110 valence electrons. The minimum Gasteiger partial charge on any atom is -0.490 e. The van der Waals surface area contributed by atoms with Gasteiger partial charge in [-0.2, -0.15) is 0 Å². The van der Waals surface area contributed by atoms with Crippen molar-refractivity contribution in [3.8, 4) is 17.2 Å². The van der Waals surface area contributed by atoms with Crippen molar-refractivity contribution in [1.82, 2.24) is 0 Å². The van der Waals surface area contributed by atoms with Crippen molar-refractivity contribution in [2.24, 2.45) is 5.73 Å². The van der Waals surface area contributed by atoms with Crippen LogP contribution in [-0.2, 0) is 0 Å². The summed E-state index contributed by atoms with van der Waals surface area (Å²) in [4.78, 5) is 10.5. The maximum absolute atomic E-state index is 11.0. The van der Waals surface area contributed by atoms with Gasteiger partial charge in [-0.05, 0) is 36.8 Å². The molecule has 2 aromatic carbocycles. The molecular weight excluding hydrogens is 272 g/mol. The normalized spacial score (nSPS) is 11.8. The van der Waals surface area contributed by atoms with Crippen LogP contribution < -0.4 is 15.2 Å². The maximum atomic E-state index is 11.0. The highest BCUT2D eigenvalue weighted by molar-refractivity contribution is 5.51. The second-order valence-corrected chi connectivity index (χ2v) is 4.55. The van der Waals surface area contributed by atoms with Crippen LogP contribution in [0.25, 0.3) is 0 Å². The SMILES string of the molecule is COc1ccc(Oc2cccc(C(C)N)c2)cc1[N+](=O)[O-]. The molecule has 0 bridgehead atoms. The number of nitrogens with zero attached hydrogens (tertiary/aromatic N) is 1. The van der Waals surface area contributed by atoms with Gasteiger partial charge in [0.25, 0.3) is 0 Å². The van der Waals surface area contributed by atoms with Gasteiger partial charge in [0, 0.05) is 6.04 Å². The predicted molar refractivity (Wildman–Crippen MR) is 78.8 cm³/mol. The first-order chi connectivity index (χ1) is 10.0. The summed E-state index contributed by atoms with van der Waals surface area (Å²) in [5.74, 6) is 1.13. The Morgan fingerprint density at radius 2 is 1.90 bits per heavy atom. The van der Waals surface area contributed by atoms with Crippen LogP contribution in [-0.4, -0.2) is 12.0 Å². The Kier molecular flexibility index (Phi) is 4.39. The van der Waals surface area contributed by atoms with Crippen LogP contribution in [0.3, 0.4) is 0 Å². The molecule has 0 spiro atoms. The van der Waals surface area contributed by atoms with E-state index in [4.69, 9.17) is 15.2 Å². The van der Waals surface area contributed by atoms with E-state index in [1.54, 1.807) is 18.2 Å². The third kappa shape index (κ3) is 3.49. The van der Waals surface area contributed by atoms with E-state index in [0.29, 0.717) is 11.5 Å². The van der Waals surface area contributed by atoms with Crippen LogP contribution in [0.15, 0.2) is 42.5 Å². The summed E-state index contributed by atoms with van der Waals surface area (Å²) in [6.45, 7) is 1.87. The van der Waals surface area contributed by atoms with E-state index >= 15 is 0 Å². The Hall–Kier alpha value is -2.60. The number of hydrogen-bond donors (Lipinski definition) is 1. The first kappa shape index (κ1) is 14.8. The zero-order valence-electron chi connectivity index (χ0n) is 11.8. The van der Waals surface area contributed by atoms with Crippen LogP contribution in [0, 0.1) is 10.1 Å². The predicted octanol–water partition coefficient (Wildman–Crippen LogP) is 3.42. The molecule has 0 fully saturated rings. The van der Waals surface area contributed by atoms with Crippen molar-refractivity contribution in [2.45, 2.75) is 13.0 Å². The molecule has 1 atom stereocenters. The summed E-state index contributed by atoms with van der Waals surface area (Å²) in [7, 11) is 1.38. The monoisotopic (exact) mass is 288 g/mol. The summed E-state index contributed by atoms with van der Waals surface area (Å²) >= 11 is 0. The number of nitro benzene ring substituents is 1. The Labute approximate surface area is 122 Å². The zero-order valence-corrected chi connectivity index (χ0v) is 11.8. The van der Waals surface area contributed by atoms with Crippen LogP contribution in [0.2, 0.25) is 0 Å². The molecule has 2 rings (SSSR count). The molecule has 0 aromatic heterocycles.